The lowest BCUT2D eigenvalue weighted by Crippen LogP contribution is -2.24. The third kappa shape index (κ3) is 4.71. The molecule has 1 unspecified atom stereocenters. The van der Waals surface area contributed by atoms with Crippen molar-refractivity contribution in [3.05, 3.63) is 63.2 Å². The molecule has 1 N–H and O–H groups in total. The number of rotatable bonds is 7. The van der Waals surface area contributed by atoms with Gasteiger partial charge in [0, 0.05) is 9.61 Å². The van der Waals surface area contributed by atoms with Crippen LogP contribution in [0.15, 0.2) is 48.5 Å². The van der Waals surface area contributed by atoms with Crippen molar-refractivity contribution < 1.29 is 4.74 Å². The molecule has 21 heavy (non-hydrogen) atoms. The normalized spacial score (nSPS) is 12.1. The molecular weight excluding hydrogens is 373 g/mol. The molecule has 0 fully saturated rings. The molecule has 2 aromatic carbocycles. The van der Waals surface area contributed by atoms with Gasteiger partial charge >= 0.3 is 0 Å². The van der Waals surface area contributed by atoms with Crippen LogP contribution in [0, 0.1) is 3.57 Å². The zero-order valence-electron chi connectivity index (χ0n) is 12.6. The maximum absolute atomic E-state index is 5.23. The fraction of sp³-hybridized carbons (Fsp3) is 0.333. The number of benzene rings is 2. The Morgan fingerprint density at radius 1 is 1.10 bits per heavy atom. The van der Waals surface area contributed by atoms with Crippen LogP contribution in [-0.2, 0) is 6.42 Å². The third-order valence-electron chi connectivity index (χ3n) is 3.52. The Bertz CT molecular complexity index is 553. The Hall–Kier alpha value is -1.07. The quantitative estimate of drug-likeness (QED) is 0.693. The van der Waals surface area contributed by atoms with Gasteiger partial charge in [0.05, 0.1) is 7.11 Å². The van der Waals surface area contributed by atoms with Crippen molar-refractivity contribution in [2.75, 3.05) is 13.7 Å². The van der Waals surface area contributed by atoms with E-state index in [-0.39, 0.29) is 0 Å². The molecule has 0 spiro atoms. The van der Waals surface area contributed by atoms with Crippen molar-refractivity contribution in [2.24, 2.45) is 0 Å². The van der Waals surface area contributed by atoms with Crippen molar-refractivity contribution in [3.63, 3.8) is 0 Å². The molecule has 2 rings (SSSR count). The minimum Gasteiger partial charge on any atom is -0.497 e. The highest BCUT2D eigenvalue weighted by Gasteiger charge is 2.14. The number of nitrogens with one attached hydrogen (secondary N) is 1. The van der Waals surface area contributed by atoms with Crippen LogP contribution in [0.1, 0.15) is 30.5 Å². The SMILES string of the molecule is CCCNC(Cc1ccc(OC)cc1)c1ccccc1I. The van der Waals surface area contributed by atoms with Crippen LogP contribution in [0.5, 0.6) is 5.75 Å². The topological polar surface area (TPSA) is 21.3 Å². The van der Waals surface area contributed by atoms with Crippen LogP contribution in [-0.4, -0.2) is 13.7 Å². The van der Waals surface area contributed by atoms with E-state index in [1.165, 1.54) is 14.7 Å². The summed E-state index contributed by atoms with van der Waals surface area (Å²) in [6.07, 6.45) is 2.13. The molecule has 0 saturated heterocycles. The first kappa shape index (κ1) is 16.3. The monoisotopic (exact) mass is 395 g/mol. The van der Waals surface area contributed by atoms with Crippen LogP contribution in [0.4, 0.5) is 0 Å². The highest BCUT2D eigenvalue weighted by Crippen LogP contribution is 2.24. The summed E-state index contributed by atoms with van der Waals surface area (Å²) in [7, 11) is 1.70. The highest BCUT2D eigenvalue weighted by molar-refractivity contribution is 14.1. The van der Waals surface area contributed by atoms with E-state index in [9.17, 15) is 0 Å². The summed E-state index contributed by atoms with van der Waals surface area (Å²) in [5.41, 5.74) is 2.70. The smallest absolute Gasteiger partial charge is 0.118 e. The lowest BCUT2D eigenvalue weighted by atomic mass is 9.98. The molecule has 0 heterocycles. The minimum absolute atomic E-state index is 0.353. The van der Waals surface area contributed by atoms with Gasteiger partial charge in [-0.2, -0.15) is 0 Å². The van der Waals surface area contributed by atoms with Gasteiger partial charge in [-0.15, -0.1) is 0 Å². The standard InChI is InChI=1S/C18H22INO/c1-3-12-20-18(16-6-4-5-7-17(16)19)13-14-8-10-15(21-2)11-9-14/h4-11,18,20H,3,12-13H2,1-2H3. The molecule has 0 aromatic heterocycles. The van der Waals surface area contributed by atoms with Crippen molar-refractivity contribution in [1.29, 1.82) is 0 Å². The summed E-state index contributed by atoms with van der Waals surface area (Å²) < 4.78 is 6.54. The molecule has 0 bridgehead atoms. The lowest BCUT2D eigenvalue weighted by Gasteiger charge is -2.20. The van der Waals surface area contributed by atoms with Gasteiger partial charge in [0.15, 0.2) is 0 Å². The van der Waals surface area contributed by atoms with Gasteiger partial charge in [0.1, 0.15) is 5.75 Å². The van der Waals surface area contributed by atoms with E-state index in [0.29, 0.717) is 6.04 Å². The molecule has 0 aliphatic heterocycles. The van der Waals surface area contributed by atoms with Gasteiger partial charge in [0.25, 0.3) is 0 Å². The average molecular weight is 395 g/mol. The fourth-order valence-corrected chi connectivity index (χ4v) is 3.13. The molecular formula is C18H22INO. The second-order valence-electron chi connectivity index (χ2n) is 5.08. The Kier molecular flexibility index (Phi) is 6.51. The second-order valence-corrected chi connectivity index (χ2v) is 6.24. The summed E-state index contributed by atoms with van der Waals surface area (Å²) in [6.45, 7) is 3.24. The molecule has 0 radical (unpaired) electrons. The zero-order chi connectivity index (χ0) is 15.1. The molecule has 2 nitrogen and oxygen atoms in total. The lowest BCUT2D eigenvalue weighted by molar-refractivity contribution is 0.414. The first-order chi connectivity index (χ1) is 10.2. The van der Waals surface area contributed by atoms with E-state index in [4.69, 9.17) is 4.74 Å². The van der Waals surface area contributed by atoms with Crippen LogP contribution < -0.4 is 10.1 Å². The van der Waals surface area contributed by atoms with E-state index in [1.54, 1.807) is 7.11 Å². The molecule has 1 atom stereocenters. The van der Waals surface area contributed by atoms with Crippen LogP contribution in [0.25, 0.3) is 0 Å². The van der Waals surface area contributed by atoms with Gasteiger partial charge in [-0.1, -0.05) is 37.3 Å². The van der Waals surface area contributed by atoms with Crippen molar-refractivity contribution in [3.8, 4) is 5.75 Å². The molecule has 0 aliphatic carbocycles. The summed E-state index contributed by atoms with van der Waals surface area (Å²) >= 11 is 2.42. The number of hydrogen-bond acceptors (Lipinski definition) is 2. The van der Waals surface area contributed by atoms with E-state index < -0.39 is 0 Å². The molecule has 112 valence electrons. The first-order valence-electron chi connectivity index (χ1n) is 7.35. The average Bonchev–Trinajstić information content (AvgIpc) is 2.53. The Morgan fingerprint density at radius 3 is 2.43 bits per heavy atom. The number of methoxy groups -OCH3 is 1. The minimum atomic E-state index is 0.353. The van der Waals surface area contributed by atoms with Crippen molar-refractivity contribution >= 4 is 22.6 Å². The third-order valence-corrected chi connectivity index (χ3v) is 4.50. The van der Waals surface area contributed by atoms with Gasteiger partial charge in [0.2, 0.25) is 0 Å². The zero-order valence-corrected chi connectivity index (χ0v) is 14.8. The van der Waals surface area contributed by atoms with Crippen molar-refractivity contribution in [1.82, 2.24) is 5.32 Å². The van der Waals surface area contributed by atoms with Gasteiger partial charge in [-0.3, -0.25) is 0 Å². The van der Waals surface area contributed by atoms with Crippen LogP contribution in [0.3, 0.4) is 0 Å². The largest absolute Gasteiger partial charge is 0.497 e. The first-order valence-corrected chi connectivity index (χ1v) is 8.43. The van der Waals surface area contributed by atoms with E-state index in [0.717, 1.165) is 25.1 Å². The molecule has 0 aliphatic rings. The summed E-state index contributed by atoms with van der Waals surface area (Å²) in [5.74, 6) is 0.908. The van der Waals surface area contributed by atoms with E-state index >= 15 is 0 Å². The van der Waals surface area contributed by atoms with Gasteiger partial charge in [-0.25, -0.2) is 0 Å². The molecule has 0 saturated carbocycles. The van der Waals surface area contributed by atoms with Crippen molar-refractivity contribution in [2.45, 2.75) is 25.8 Å². The maximum Gasteiger partial charge on any atom is 0.118 e. The molecule has 3 heteroatoms. The second kappa shape index (κ2) is 8.39. The Labute approximate surface area is 141 Å². The maximum atomic E-state index is 5.23. The highest BCUT2D eigenvalue weighted by atomic mass is 127. The fourth-order valence-electron chi connectivity index (χ4n) is 2.37. The van der Waals surface area contributed by atoms with Gasteiger partial charge < -0.3 is 10.1 Å². The predicted octanol–water partition coefficient (Wildman–Crippen LogP) is 4.58. The van der Waals surface area contributed by atoms with E-state index in [2.05, 4.69) is 71.2 Å². The molecule has 2 aromatic rings. The van der Waals surface area contributed by atoms with Gasteiger partial charge in [-0.05, 0) is 71.3 Å². The predicted molar refractivity (Wildman–Crippen MR) is 96.9 cm³/mol. The van der Waals surface area contributed by atoms with E-state index in [1.807, 2.05) is 12.1 Å². The number of hydrogen-bond donors (Lipinski definition) is 1. The summed E-state index contributed by atoms with van der Waals surface area (Å²) in [4.78, 5) is 0. The van der Waals surface area contributed by atoms with Crippen LogP contribution >= 0.6 is 22.6 Å². The number of ether oxygens (including phenoxy) is 1. The summed E-state index contributed by atoms with van der Waals surface area (Å²) in [6, 6.07) is 17.3. The van der Waals surface area contributed by atoms with Crippen LogP contribution in [0.2, 0.25) is 0 Å². The Balaban J connectivity index is 2.17. The summed E-state index contributed by atoms with van der Waals surface area (Å²) in [5, 5.41) is 3.67. The molecule has 0 amide bonds. The Morgan fingerprint density at radius 2 is 1.81 bits per heavy atom. The number of halogens is 1.